The van der Waals surface area contributed by atoms with Crippen LogP contribution >= 0.6 is 0 Å². The Bertz CT molecular complexity index is 192. The molecule has 0 amide bonds. The van der Waals surface area contributed by atoms with Gasteiger partial charge in [0, 0.05) is 12.1 Å². The predicted octanol–water partition coefficient (Wildman–Crippen LogP) is 2.61. The predicted molar refractivity (Wildman–Crippen MR) is 63.0 cm³/mol. The molecule has 90 valence electrons. The van der Waals surface area contributed by atoms with Crippen LogP contribution in [0.2, 0.25) is 0 Å². The maximum atomic E-state index is 10.7. The van der Waals surface area contributed by atoms with E-state index in [0.29, 0.717) is 12.0 Å². The molecule has 0 aliphatic carbocycles. The van der Waals surface area contributed by atoms with Gasteiger partial charge < -0.3 is 10.0 Å². The van der Waals surface area contributed by atoms with Crippen molar-refractivity contribution >= 4 is 5.97 Å². The van der Waals surface area contributed by atoms with Crippen LogP contribution < -0.4 is 0 Å². The number of carbonyl (C=O) groups is 1. The van der Waals surface area contributed by atoms with Gasteiger partial charge in [-0.05, 0) is 32.7 Å². The zero-order valence-corrected chi connectivity index (χ0v) is 10.7. The van der Waals surface area contributed by atoms with Crippen LogP contribution in [0.15, 0.2) is 0 Å². The van der Waals surface area contributed by atoms with Crippen molar-refractivity contribution in [2.24, 2.45) is 5.92 Å². The Morgan fingerprint density at radius 2 is 1.87 bits per heavy atom. The average Bonchev–Trinajstić information content (AvgIpc) is 2.11. The third kappa shape index (κ3) is 5.78. The maximum absolute atomic E-state index is 10.7. The van der Waals surface area contributed by atoms with Crippen LogP contribution in [0.25, 0.3) is 0 Å². The lowest BCUT2D eigenvalue weighted by molar-refractivity contribution is -0.138. The van der Waals surface area contributed by atoms with Gasteiger partial charge in [-0.1, -0.05) is 20.8 Å². The zero-order chi connectivity index (χ0) is 12.0. The highest BCUT2D eigenvalue weighted by Crippen LogP contribution is 2.16. The lowest BCUT2D eigenvalue weighted by Gasteiger charge is -2.32. The molecule has 0 aromatic carbocycles. The molecule has 2 unspecified atom stereocenters. The van der Waals surface area contributed by atoms with Crippen molar-refractivity contribution in [3.8, 4) is 0 Å². The first-order valence-electron chi connectivity index (χ1n) is 5.82. The monoisotopic (exact) mass is 215 g/mol. The Balaban J connectivity index is 4.23. The molecule has 3 nitrogen and oxygen atoms in total. The molecule has 15 heavy (non-hydrogen) atoms. The summed E-state index contributed by atoms with van der Waals surface area (Å²) in [5.41, 5.74) is 0. The first-order chi connectivity index (χ1) is 6.88. The molecule has 0 spiro atoms. The van der Waals surface area contributed by atoms with Crippen molar-refractivity contribution in [3.63, 3.8) is 0 Å². The molecule has 0 bridgehead atoms. The van der Waals surface area contributed by atoms with Gasteiger partial charge in [-0.15, -0.1) is 0 Å². The average molecular weight is 215 g/mol. The summed E-state index contributed by atoms with van der Waals surface area (Å²) in [6.07, 6.45) is 2.26. The Hall–Kier alpha value is -0.570. The van der Waals surface area contributed by atoms with E-state index in [2.05, 4.69) is 25.7 Å². The molecule has 3 heteroatoms. The molecule has 0 saturated heterocycles. The van der Waals surface area contributed by atoms with Crippen molar-refractivity contribution in [3.05, 3.63) is 0 Å². The molecule has 2 atom stereocenters. The summed E-state index contributed by atoms with van der Waals surface area (Å²) in [5, 5.41) is 8.80. The third-order valence-electron chi connectivity index (χ3n) is 2.97. The number of hydrogen-bond donors (Lipinski definition) is 1. The van der Waals surface area contributed by atoms with Gasteiger partial charge in [-0.25, -0.2) is 0 Å². The standard InChI is InChI=1S/C12H25NO2/c1-6-11(8-12(14)15)13(5)10(4)7-9(2)3/h9-11H,6-8H2,1-5H3,(H,14,15). The highest BCUT2D eigenvalue weighted by molar-refractivity contribution is 5.67. The fourth-order valence-corrected chi connectivity index (χ4v) is 1.99. The molecule has 0 heterocycles. The van der Waals surface area contributed by atoms with Gasteiger partial charge in [0.15, 0.2) is 0 Å². The molecular weight excluding hydrogens is 190 g/mol. The minimum atomic E-state index is -0.703. The topological polar surface area (TPSA) is 40.5 Å². The summed E-state index contributed by atoms with van der Waals surface area (Å²) in [4.78, 5) is 12.9. The number of rotatable bonds is 7. The highest BCUT2D eigenvalue weighted by atomic mass is 16.4. The van der Waals surface area contributed by atoms with E-state index in [1.165, 1.54) is 0 Å². The van der Waals surface area contributed by atoms with Gasteiger partial charge in [0.05, 0.1) is 6.42 Å². The normalized spacial score (nSPS) is 15.7. The SMILES string of the molecule is CCC(CC(=O)O)N(C)C(C)CC(C)C. The summed E-state index contributed by atoms with van der Waals surface area (Å²) < 4.78 is 0. The van der Waals surface area contributed by atoms with Crippen LogP contribution in [0.5, 0.6) is 0 Å². The fraction of sp³-hybridized carbons (Fsp3) is 0.917. The van der Waals surface area contributed by atoms with Gasteiger partial charge in [0.2, 0.25) is 0 Å². The van der Waals surface area contributed by atoms with E-state index < -0.39 is 5.97 Å². The minimum absolute atomic E-state index is 0.163. The second-order valence-corrected chi connectivity index (χ2v) is 4.80. The van der Waals surface area contributed by atoms with Crippen LogP contribution in [0.3, 0.4) is 0 Å². The third-order valence-corrected chi connectivity index (χ3v) is 2.97. The van der Waals surface area contributed by atoms with Gasteiger partial charge in [-0.2, -0.15) is 0 Å². The van der Waals surface area contributed by atoms with E-state index in [4.69, 9.17) is 5.11 Å². The van der Waals surface area contributed by atoms with Crippen LogP contribution in [0.1, 0.15) is 47.0 Å². The molecule has 0 aliphatic rings. The van der Waals surface area contributed by atoms with Crippen LogP contribution in [-0.2, 0) is 4.79 Å². The molecule has 0 saturated carbocycles. The highest BCUT2D eigenvalue weighted by Gasteiger charge is 2.21. The van der Waals surface area contributed by atoms with E-state index in [9.17, 15) is 4.79 Å². The maximum Gasteiger partial charge on any atom is 0.304 e. The first-order valence-corrected chi connectivity index (χ1v) is 5.82. The molecule has 1 N–H and O–H groups in total. The number of aliphatic carboxylic acids is 1. The second kappa shape index (κ2) is 6.83. The van der Waals surface area contributed by atoms with Crippen molar-refractivity contribution in [1.29, 1.82) is 0 Å². The Morgan fingerprint density at radius 3 is 2.20 bits per heavy atom. The van der Waals surface area contributed by atoms with E-state index in [0.717, 1.165) is 12.8 Å². The van der Waals surface area contributed by atoms with Gasteiger partial charge in [0.25, 0.3) is 0 Å². The molecule has 0 fully saturated rings. The molecule has 0 aromatic rings. The van der Waals surface area contributed by atoms with Crippen molar-refractivity contribution in [2.45, 2.75) is 59.0 Å². The lowest BCUT2D eigenvalue weighted by atomic mass is 10.0. The summed E-state index contributed by atoms with van der Waals surface area (Å²) >= 11 is 0. The molecule has 0 radical (unpaired) electrons. The van der Waals surface area contributed by atoms with E-state index >= 15 is 0 Å². The Kier molecular flexibility index (Phi) is 6.57. The Labute approximate surface area is 93.5 Å². The number of hydrogen-bond acceptors (Lipinski definition) is 2. The molecule has 0 aromatic heterocycles. The van der Waals surface area contributed by atoms with Crippen LogP contribution in [0, 0.1) is 5.92 Å². The van der Waals surface area contributed by atoms with Crippen LogP contribution in [-0.4, -0.2) is 35.1 Å². The van der Waals surface area contributed by atoms with Gasteiger partial charge in [-0.3, -0.25) is 4.79 Å². The number of nitrogens with zero attached hydrogens (tertiary/aromatic N) is 1. The smallest absolute Gasteiger partial charge is 0.304 e. The summed E-state index contributed by atoms with van der Waals surface area (Å²) in [7, 11) is 2.03. The van der Waals surface area contributed by atoms with Crippen molar-refractivity contribution in [1.82, 2.24) is 4.90 Å². The molecular formula is C12H25NO2. The Morgan fingerprint density at radius 1 is 1.33 bits per heavy atom. The zero-order valence-electron chi connectivity index (χ0n) is 10.7. The van der Waals surface area contributed by atoms with Crippen LogP contribution in [0.4, 0.5) is 0 Å². The fourth-order valence-electron chi connectivity index (χ4n) is 1.99. The number of carboxylic acids is 1. The molecule has 0 aliphatic heterocycles. The molecule has 0 rings (SSSR count). The first kappa shape index (κ1) is 14.4. The van der Waals surface area contributed by atoms with E-state index in [1.54, 1.807) is 0 Å². The van der Waals surface area contributed by atoms with Gasteiger partial charge >= 0.3 is 5.97 Å². The van der Waals surface area contributed by atoms with Gasteiger partial charge in [0.1, 0.15) is 0 Å². The summed E-state index contributed by atoms with van der Waals surface area (Å²) in [6.45, 7) is 8.61. The van der Waals surface area contributed by atoms with E-state index in [1.807, 2.05) is 14.0 Å². The quantitative estimate of drug-likeness (QED) is 0.709. The largest absolute Gasteiger partial charge is 0.481 e. The van der Waals surface area contributed by atoms with Crippen molar-refractivity contribution in [2.75, 3.05) is 7.05 Å². The summed E-state index contributed by atoms with van der Waals surface area (Å²) in [6, 6.07) is 0.616. The second-order valence-electron chi connectivity index (χ2n) is 4.80. The number of carboxylic acid groups (broad SMARTS) is 1. The van der Waals surface area contributed by atoms with E-state index in [-0.39, 0.29) is 12.5 Å². The minimum Gasteiger partial charge on any atom is -0.481 e. The lowest BCUT2D eigenvalue weighted by Crippen LogP contribution is -2.40. The summed E-state index contributed by atoms with van der Waals surface area (Å²) in [5.74, 6) is -0.0461. The van der Waals surface area contributed by atoms with Crippen molar-refractivity contribution < 1.29 is 9.90 Å².